The molecule has 0 spiro atoms. The monoisotopic (exact) mass is 588 g/mol. The summed E-state index contributed by atoms with van der Waals surface area (Å²) in [5, 5.41) is 11.3. The van der Waals surface area contributed by atoms with E-state index in [2.05, 4.69) is 30.8 Å². The van der Waals surface area contributed by atoms with Crippen molar-refractivity contribution in [1.29, 1.82) is 0 Å². The summed E-state index contributed by atoms with van der Waals surface area (Å²) in [7, 11) is 0. The van der Waals surface area contributed by atoms with Gasteiger partial charge >= 0.3 is 16.5 Å². The van der Waals surface area contributed by atoms with Gasteiger partial charge in [0.1, 0.15) is 0 Å². The molecule has 0 aliphatic carbocycles. The van der Waals surface area contributed by atoms with E-state index >= 15 is 0 Å². The van der Waals surface area contributed by atoms with Crippen LogP contribution in [0.4, 0.5) is 0 Å². The molecule has 3 aromatic heterocycles. The summed E-state index contributed by atoms with van der Waals surface area (Å²) in [6, 6.07) is 30.2. The second-order valence-corrected chi connectivity index (χ2v) is 10.0. The Hall–Kier alpha value is -4.77. The van der Waals surface area contributed by atoms with Crippen LogP contribution in [-0.2, 0) is 16.5 Å². The molecule has 1 atom stereocenters. The Kier molecular flexibility index (Phi) is 7.58. The average molecular weight is 589 g/mol. The maximum absolute atomic E-state index is 11.3. The second-order valence-electron chi connectivity index (χ2n) is 10.0. The summed E-state index contributed by atoms with van der Waals surface area (Å²) in [4.78, 5) is 20.1. The Bertz CT molecular complexity index is 1870. The number of hydrogen-bond acceptors (Lipinski definition) is 3. The fourth-order valence-electron chi connectivity index (χ4n) is 5.46. The number of benzene rings is 2. The molecule has 7 rings (SSSR count). The molecule has 5 nitrogen and oxygen atoms in total. The van der Waals surface area contributed by atoms with E-state index in [1.165, 1.54) is 0 Å². The van der Waals surface area contributed by atoms with Crippen molar-refractivity contribution in [2.45, 2.75) is 12.5 Å². The maximum Gasteiger partial charge on any atom is 2.00 e. The van der Waals surface area contributed by atoms with Crippen molar-refractivity contribution < 1.29 is 21.6 Å². The van der Waals surface area contributed by atoms with Crippen molar-refractivity contribution >= 4 is 46.4 Å². The molecular weight excluding hydrogens is 563 g/mol. The number of fused-ring (bicyclic) bond motifs is 8. The van der Waals surface area contributed by atoms with E-state index in [1.54, 1.807) is 6.08 Å². The predicted octanol–water partition coefficient (Wildman–Crippen LogP) is 7.85. The van der Waals surface area contributed by atoms with E-state index in [0.717, 1.165) is 56.1 Å². The molecule has 0 fully saturated rings. The zero-order valence-corrected chi connectivity index (χ0v) is 23.6. The summed E-state index contributed by atoms with van der Waals surface area (Å²) in [6.07, 6.45) is 9.33. The Morgan fingerprint density at radius 2 is 1.10 bits per heavy atom. The minimum Gasteiger partial charge on any atom is -0.657 e. The fraction of sp³-hybridized carbons (Fsp3) is 0.0556. The first-order chi connectivity index (χ1) is 20.2. The largest absolute Gasteiger partial charge is 2.00 e. The van der Waals surface area contributed by atoms with Crippen LogP contribution in [0.5, 0.6) is 0 Å². The predicted molar refractivity (Wildman–Crippen MR) is 167 cm³/mol. The van der Waals surface area contributed by atoms with Crippen LogP contribution in [-0.4, -0.2) is 15.1 Å². The summed E-state index contributed by atoms with van der Waals surface area (Å²) < 4.78 is 0. The van der Waals surface area contributed by atoms with Crippen LogP contribution in [0, 0.1) is 0 Å². The molecular formula is C36H26N4NiO. The fourth-order valence-corrected chi connectivity index (χ4v) is 5.46. The summed E-state index contributed by atoms with van der Waals surface area (Å²) >= 11 is 0. The molecule has 1 unspecified atom stereocenters. The Morgan fingerprint density at radius 1 is 0.643 bits per heavy atom. The molecule has 2 aromatic carbocycles. The van der Waals surface area contributed by atoms with Gasteiger partial charge in [-0.2, -0.15) is 0 Å². The minimum absolute atomic E-state index is 0. The van der Waals surface area contributed by atoms with E-state index in [-0.39, 0.29) is 16.5 Å². The molecule has 0 saturated carbocycles. The third-order valence-corrected chi connectivity index (χ3v) is 7.32. The van der Waals surface area contributed by atoms with E-state index in [9.17, 15) is 5.11 Å². The van der Waals surface area contributed by atoms with Crippen LogP contribution in [0.1, 0.15) is 40.9 Å². The van der Waals surface area contributed by atoms with Gasteiger partial charge in [0.05, 0.1) is 28.9 Å². The molecule has 5 heterocycles. The molecule has 0 saturated heterocycles. The Labute approximate surface area is 254 Å². The van der Waals surface area contributed by atoms with Crippen molar-refractivity contribution in [3.63, 3.8) is 0 Å². The summed E-state index contributed by atoms with van der Waals surface area (Å²) in [5.41, 5.74) is 10.7. The van der Waals surface area contributed by atoms with Gasteiger partial charge in [-0.05, 0) is 64.6 Å². The molecule has 1 N–H and O–H groups in total. The van der Waals surface area contributed by atoms with E-state index in [4.69, 9.17) is 19.9 Å². The average Bonchev–Trinajstić information content (AvgIpc) is 3.81. The molecule has 5 aromatic rings. The van der Waals surface area contributed by atoms with Gasteiger partial charge in [-0.3, -0.25) is 0 Å². The van der Waals surface area contributed by atoms with Crippen LogP contribution in [0.25, 0.3) is 68.6 Å². The smallest absolute Gasteiger partial charge is 0.657 e. The zero-order chi connectivity index (χ0) is 27.8. The zero-order valence-electron chi connectivity index (χ0n) is 22.6. The number of aliphatic hydroxyl groups excluding tert-OH is 1. The normalized spacial score (nSPS) is 12.6. The van der Waals surface area contributed by atoms with Gasteiger partial charge in [0.2, 0.25) is 0 Å². The standard InChI is InChI=1S/C36H26N4O.Ni/c1-2-9-33(41)36-31-20-18-29(39-31)34(23-10-5-3-6-11-23)27-16-14-25(37-27)22-26-15-17-28(38-26)35(24-12-7-4-8-13-24)30-19-21-32(36)40-30;/h2-8,10-22,33,41H,1,9H2;/q-2;+2. The molecule has 6 heteroatoms. The number of nitrogens with zero attached hydrogens (tertiary/aromatic N) is 4. The number of hydrogen-bond donors (Lipinski definition) is 1. The minimum atomic E-state index is -0.820. The number of rotatable bonds is 5. The third kappa shape index (κ3) is 5.07. The third-order valence-electron chi connectivity index (χ3n) is 7.32. The summed E-state index contributed by atoms with van der Waals surface area (Å²) in [5.74, 6) is 0. The number of aliphatic hydroxyl groups is 1. The molecule has 0 amide bonds. The van der Waals surface area contributed by atoms with Gasteiger partial charge < -0.3 is 15.1 Å². The van der Waals surface area contributed by atoms with Crippen molar-refractivity contribution in [3.05, 3.63) is 132 Å². The first-order valence-electron chi connectivity index (χ1n) is 13.6. The van der Waals surface area contributed by atoms with Crippen LogP contribution in [0.15, 0.2) is 104 Å². The molecule has 206 valence electrons. The van der Waals surface area contributed by atoms with Crippen LogP contribution >= 0.6 is 0 Å². The molecule has 0 radical (unpaired) electrons. The van der Waals surface area contributed by atoms with Gasteiger partial charge in [-0.1, -0.05) is 91.0 Å². The van der Waals surface area contributed by atoms with Gasteiger partial charge in [0.25, 0.3) is 0 Å². The SMILES string of the molecule is C=CCC(O)c1c2ccc([n-]2)c(-c2ccccc2)c2nc(cc3nc(c(-c4ccccc4)c4ccc1[n-]4)C=C3)C=C2.[Ni+2]. The van der Waals surface area contributed by atoms with Crippen molar-refractivity contribution in [1.82, 2.24) is 19.9 Å². The second kappa shape index (κ2) is 11.6. The Balaban J connectivity index is 0.00000316. The van der Waals surface area contributed by atoms with Gasteiger partial charge in [0.15, 0.2) is 0 Å². The van der Waals surface area contributed by atoms with Crippen molar-refractivity contribution in [2.24, 2.45) is 0 Å². The quantitative estimate of drug-likeness (QED) is 0.164. The van der Waals surface area contributed by atoms with Gasteiger partial charge in [0, 0.05) is 0 Å². The van der Waals surface area contributed by atoms with Gasteiger partial charge in [-0.15, -0.1) is 28.6 Å². The van der Waals surface area contributed by atoms with E-state index in [0.29, 0.717) is 23.0 Å². The van der Waals surface area contributed by atoms with E-state index in [1.807, 2.05) is 91.0 Å². The van der Waals surface area contributed by atoms with Gasteiger partial charge in [-0.25, -0.2) is 9.97 Å². The topological polar surface area (TPSA) is 74.2 Å². The Morgan fingerprint density at radius 3 is 1.55 bits per heavy atom. The summed E-state index contributed by atoms with van der Waals surface area (Å²) in [6.45, 7) is 3.86. The maximum atomic E-state index is 11.3. The first-order valence-corrected chi connectivity index (χ1v) is 13.6. The van der Waals surface area contributed by atoms with Crippen LogP contribution in [0.3, 0.4) is 0 Å². The molecule has 42 heavy (non-hydrogen) atoms. The first kappa shape index (κ1) is 27.4. The molecule has 8 bridgehead atoms. The van der Waals surface area contributed by atoms with Crippen molar-refractivity contribution in [3.8, 4) is 22.3 Å². The molecule has 2 aliphatic rings. The molecule has 2 aliphatic heterocycles. The van der Waals surface area contributed by atoms with E-state index < -0.39 is 6.10 Å². The number of aromatic nitrogens is 4. The van der Waals surface area contributed by atoms with Crippen LogP contribution < -0.4 is 9.97 Å². The van der Waals surface area contributed by atoms with Crippen molar-refractivity contribution in [2.75, 3.05) is 0 Å². The van der Waals surface area contributed by atoms with Crippen LogP contribution in [0.2, 0.25) is 0 Å².